The molecule has 0 aliphatic heterocycles. The Morgan fingerprint density at radius 3 is 2.29 bits per heavy atom. The van der Waals surface area contributed by atoms with E-state index in [0.717, 1.165) is 17.6 Å². The van der Waals surface area contributed by atoms with E-state index in [1.165, 1.54) is 5.57 Å². The Labute approximate surface area is 133 Å². The van der Waals surface area contributed by atoms with Crippen molar-refractivity contribution < 1.29 is 8.42 Å². The fraction of sp³-hybridized carbons (Fsp3) is 0.412. The van der Waals surface area contributed by atoms with Crippen molar-refractivity contribution in [2.45, 2.75) is 38.5 Å². The molecule has 0 saturated heterocycles. The molecule has 0 radical (unpaired) electrons. The van der Waals surface area contributed by atoms with Crippen LogP contribution >= 0.6 is 11.6 Å². The summed E-state index contributed by atoms with van der Waals surface area (Å²) in [6, 6.07) is 6.97. The van der Waals surface area contributed by atoms with E-state index in [1.54, 1.807) is 12.1 Å². The van der Waals surface area contributed by atoms with Crippen molar-refractivity contribution in [2.24, 2.45) is 0 Å². The number of hydrogen-bond donors (Lipinski definition) is 0. The summed E-state index contributed by atoms with van der Waals surface area (Å²) in [4.78, 5) is 0.371. The minimum Gasteiger partial charge on any atom is -0.223 e. The minimum atomic E-state index is -3.30. The van der Waals surface area contributed by atoms with Gasteiger partial charge in [-0.2, -0.15) is 0 Å². The van der Waals surface area contributed by atoms with Gasteiger partial charge >= 0.3 is 0 Å². The van der Waals surface area contributed by atoms with E-state index in [1.807, 2.05) is 39.0 Å². The second-order valence-corrected chi connectivity index (χ2v) is 7.76. The highest BCUT2D eigenvalue weighted by Gasteiger charge is 2.16. The standard InChI is InChI=1S/C17H23ClO2S/c1-14(2)5-4-6-16(11-12-18)13-21(19,20)17-9-7-15(3)8-10-17/h5-10H,4,11-13H2,1-3H3/b16-6-. The SMILES string of the molecule is CC(C)=CC/C=C(/CCCl)CS(=O)(=O)c1ccc(C)cc1. The maximum Gasteiger partial charge on any atom is 0.182 e. The van der Waals surface area contributed by atoms with Crippen LogP contribution in [0.25, 0.3) is 0 Å². The Morgan fingerprint density at radius 2 is 1.76 bits per heavy atom. The first kappa shape index (κ1) is 18.0. The van der Waals surface area contributed by atoms with Gasteiger partial charge in [0, 0.05) is 5.88 Å². The van der Waals surface area contributed by atoms with Crippen LogP contribution in [0, 0.1) is 6.92 Å². The van der Waals surface area contributed by atoms with Crippen LogP contribution in [0.4, 0.5) is 0 Å². The van der Waals surface area contributed by atoms with Gasteiger partial charge in [-0.1, -0.05) is 41.0 Å². The predicted molar refractivity (Wildman–Crippen MR) is 90.7 cm³/mol. The Bertz CT molecular complexity index is 607. The van der Waals surface area contributed by atoms with E-state index in [2.05, 4.69) is 6.08 Å². The average molecular weight is 327 g/mol. The summed E-state index contributed by atoms with van der Waals surface area (Å²) in [5, 5.41) is 0. The molecule has 0 aromatic heterocycles. The summed E-state index contributed by atoms with van der Waals surface area (Å²) in [6.45, 7) is 5.99. The molecule has 4 heteroatoms. The zero-order valence-corrected chi connectivity index (χ0v) is 14.5. The molecule has 0 fully saturated rings. The molecule has 1 aromatic carbocycles. The van der Waals surface area contributed by atoms with Crippen LogP contribution in [-0.4, -0.2) is 20.1 Å². The summed E-state index contributed by atoms with van der Waals surface area (Å²) in [7, 11) is -3.30. The van der Waals surface area contributed by atoms with Crippen molar-refractivity contribution in [1.29, 1.82) is 0 Å². The predicted octanol–water partition coefficient (Wildman–Crippen LogP) is 4.68. The summed E-state index contributed by atoms with van der Waals surface area (Å²) in [5.74, 6) is 0.476. The van der Waals surface area contributed by atoms with Crippen molar-refractivity contribution in [3.05, 3.63) is 53.1 Å². The fourth-order valence-corrected chi connectivity index (χ4v) is 3.60. The van der Waals surface area contributed by atoms with Gasteiger partial charge in [0.05, 0.1) is 10.6 Å². The van der Waals surface area contributed by atoms with Gasteiger partial charge in [0.1, 0.15) is 0 Å². The Balaban J connectivity index is 2.91. The molecule has 1 rings (SSSR count). The van der Waals surface area contributed by atoms with Crippen molar-refractivity contribution in [2.75, 3.05) is 11.6 Å². The second kappa shape index (κ2) is 8.40. The van der Waals surface area contributed by atoms with Gasteiger partial charge in [0.25, 0.3) is 0 Å². The van der Waals surface area contributed by atoms with Crippen LogP contribution in [0.15, 0.2) is 52.5 Å². The van der Waals surface area contributed by atoms with E-state index in [4.69, 9.17) is 11.6 Å². The number of rotatable bonds is 7. The summed E-state index contributed by atoms with van der Waals surface area (Å²) >= 11 is 5.78. The number of benzene rings is 1. The van der Waals surface area contributed by atoms with Gasteiger partial charge in [-0.25, -0.2) is 8.42 Å². The maximum absolute atomic E-state index is 12.4. The zero-order chi connectivity index (χ0) is 15.9. The van der Waals surface area contributed by atoms with Crippen molar-refractivity contribution in [1.82, 2.24) is 0 Å². The van der Waals surface area contributed by atoms with Crippen LogP contribution in [0.2, 0.25) is 0 Å². The molecule has 0 bridgehead atoms. The molecular formula is C17H23ClO2S. The van der Waals surface area contributed by atoms with Gasteiger partial charge in [-0.15, -0.1) is 11.6 Å². The smallest absolute Gasteiger partial charge is 0.182 e. The van der Waals surface area contributed by atoms with E-state index < -0.39 is 9.84 Å². The van der Waals surface area contributed by atoms with Gasteiger partial charge in [-0.3, -0.25) is 0 Å². The lowest BCUT2D eigenvalue weighted by atomic mass is 10.1. The van der Waals surface area contributed by atoms with Crippen LogP contribution < -0.4 is 0 Å². The van der Waals surface area contributed by atoms with Gasteiger partial charge < -0.3 is 0 Å². The molecule has 0 aliphatic rings. The molecule has 0 N–H and O–H groups in total. The fourth-order valence-electron chi connectivity index (χ4n) is 1.89. The number of halogens is 1. The van der Waals surface area contributed by atoms with E-state index in [9.17, 15) is 8.42 Å². The second-order valence-electron chi connectivity index (χ2n) is 5.39. The molecular weight excluding hydrogens is 304 g/mol. The third-order valence-corrected chi connectivity index (χ3v) is 5.03. The molecule has 21 heavy (non-hydrogen) atoms. The summed E-state index contributed by atoms with van der Waals surface area (Å²) in [6.07, 6.45) is 5.40. The quantitative estimate of drug-likeness (QED) is 0.538. The van der Waals surface area contributed by atoms with E-state index in [0.29, 0.717) is 17.2 Å². The highest BCUT2D eigenvalue weighted by Crippen LogP contribution is 2.17. The monoisotopic (exact) mass is 326 g/mol. The molecule has 116 valence electrons. The number of aryl methyl sites for hydroxylation is 1. The third-order valence-electron chi connectivity index (χ3n) is 3.10. The highest BCUT2D eigenvalue weighted by molar-refractivity contribution is 7.91. The normalized spacial score (nSPS) is 12.3. The van der Waals surface area contributed by atoms with Crippen molar-refractivity contribution in [3.8, 4) is 0 Å². The van der Waals surface area contributed by atoms with Crippen LogP contribution in [0.5, 0.6) is 0 Å². The Morgan fingerprint density at radius 1 is 1.14 bits per heavy atom. The molecule has 0 saturated carbocycles. The number of allylic oxidation sites excluding steroid dienone is 3. The van der Waals surface area contributed by atoms with Crippen LogP contribution in [0.3, 0.4) is 0 Å². The number of sulfone groups is 1. The topological polar surface area (TPSA) is 34.1 Å². The van der Waals surface area contributed by atoms with Crippen LogP contribution in [-0.2, 0) is 9.84 Å². The van der Waals surface area contributed by atoms with Gasteiger partial charge in [0.2, 0.25) is 0 Å². The van der Waals surface area contributed by atoms with E-state index in [-0.39, 0.29) is 5.75 Å². The summed E-state index contributed by atoms with van der Waals surface area (Å²) < 4.78 is 24.9. The first-order valence-corrected chi connectivity index (χ1v) is 9.20. The Hall–Kier alpha value is -1.06. The molecule has 2 nitrogen and oxygen atoms in total. The molecule has 0 aliphatic carbocycles. The molecule has 0 unspecified atom stereocenters. The minimum absolute atomic E-state index is 0.0411. The number of hydrogen-bond acceptors (Lipinski definition) is 2. The Kier molecular flexibility index (Phi) is 7.20. The van der Waals surface area contributed by atoms with Gasteiger partial charge in [0.15, 0.2) is 9.84 Å². The molecule has 1 aromatic rings. The largest absolute Gasteiger partial charge is 0.223 e. The lowest BCUT2D eigenvalue weighted by molar-refractivity contribution is 0.597. The maximum atomic E-state index is 12.4. The first-order valence-electron chi connectivity index (χ1n) is 7.02. The average Bonchev–Trinajstić information content (AvgIpc) is 2.38. The highest BCUT2D eigenvalue weighted by atomic mass is 35.5. The summed E-state index contributed by atoms with van der Waals surface area (Å²) in [5.41, 5.74) is 3.15. The molecule has 0 amide bonds. The molecule has 0 heterocycles. The molecule has 0 atom stereocenters. The lowest BCUT2D eigenvalue weighted by Gasteiger charge is -2.08. The van der Waals surface area contributed by atoms with Crippen molar-refractivity contribution in [3.63, 3.8) is 0 Å². The number of alkyl halides is 1. The first-order chi connectivity index (χ1) is 9.85. The van der Waals surface area contributed by atoms with Gasteiger partial charge in [-0.05, 0) is 45.7 Å². The van der Waals surface area contributed by atoms with Crippen molar-refractivity contribution >= 4 is 21.4 Å². The van der Waals surface area contributed by atoms with Crippen LogP contribution in [0.1, 0.15) is 32.3 Å². The zero-order valence-electron chi connectivity index (χ0n) is 12.9. The lowest BCUT2D eigenvalue weighted by Crippen LogP contribution is -2.09. The van der Waals surface area contributed by atoms with E-state index >= 15 is 0 Å². The third kappa shape index (κ3) is 6.49. The molecule has 0 spiro atoms.